The maximum Gasteiger partial charge on any atom is 0.232 e. The van der Waals surface area contributed by atoms with Gasteiger partial charge < -0.3 is 5.11 Å². The highest BCUT2D eigenvalue weighted by atomic mass is 19.1. The highest BCUT2D eigenvalue weighted by Gasteiger charge is 2.43. The van der Waals surface area contributed by atoms with Crippen molar-refractivity contribution in [3.63, 3.8) is 0 Å². The second-order valence-electron chi connectivity index (χ2n) is 5.05. The molecule has 2 rings (SSSR count). The van der Waals surface area contributed by atoms with Gasteiger partial charge in [0.15, 0.2) is 0 Å². The first-order valence-corrected chi connectivity index (χ1v) is 6.31. The molecule has 3 atom stereocenters. The fourth-order valence-corrected chi connectivity index (χ4v) is 2.25. The predicted molar refractivity (Wildman–Crippen MR) is 66.4 cm³/mol. The number of amides is 2. The van der Waals surface area contributed by atoms with E-state index in [9.17, 15) is 23.5 Å². The van der Waals surface area contributed by atoms with Crippen LogP contribution in [0.25, 0.3) is 0 Å². The number of nitrogens with zero attached hydrogens (tertiary/aromatic N) is 1. The van der Waals surface area contributed by atoms with E-state index in [2.05, 4.69) is 0 Å². The molecule has 2 amide bonds. The van der Waals surface area contributed by atoms with Crippen molar-refractivity contribution in [3.05, 3.63) is 35.4 Å². The van der Waals surface area contributed by atoms with Crippen LogP contribution in [-0.4, -0.2) is 28.4 Å². The Bertz CT molecular complexity index is 541. The van der Waals surface area contributed by atoms with Crippen LogP contribution in [0.4, 0.5) is 8.78 Å². The number of imide groups is 1. The SMILES string of the molecule is CC1C(=O)N(CC(O)c2cc(F)ccc2F)C(=O)C1C. The molecule has 1 fully saturated rings. The van der Waals surface area contributed by atoms with Gasteiger partial charge in [-0.05, 0) is 18.2 Å². The molecule has 6 heteroatoms. The first kappa shape index (κ1) is 14.6. The van der Waals surface area contributed by atoms with Crippen LogP contribution >= 0.6 is 0 Å². The minimum absolute atomic E-state index is 0.266. The van der Waals surface area contributed by atoms with Crippen LogP contribution in [0, 0.1) is 23.5 Å². The van der Waals surface area contributed by atoms with Gasteiger partial charge in [-0.1, -0.05) is 13.8 Å². The zero-order valence-electron chi connectivity index (χ0n) is 11.1. The molecule has 1 aliphatic heterocycles. The number of aliphatic hydroxyl groups is 1. The molecule has 0 radical (unpaired) electrons. The van der Waals surface area contributed by atoms with E-state index in [1.165, 1.54) is 0 Å². The van der Waals surface area contributed by atoms with Gasteiger partial charge >= 0.3 is 0 Å². The number of aliphatic hydroxyl groups excluding tert-OH is 1. The number of hydrogen-bond donors (Lipinski definition) is 1. The van der Waals surface area contributed by atoms with E-state index in [4.69, 9.17) is 0 Å². The first-order chi connectivity index (χ1) is 9.32. The van der Waals surface area contributed by atoms with Crippen LogP contribution in [0.2, 0.25) is 0 Å². The van der Waals surface area contributed by atoms with Crippen molar-refractivity contribution in [1.29, 1.82) is 0 Å². The third-order valence-electron chi connectivity index (χ3n) is 3.73. The average Bonchev–Trinajstić information content (AvgIpc) is 2.59. The van der Waals surface area contributed by atoms with E-state index in [1.54, 1.807) is 13.8 Å². The summed E-state index contributed by atoms with van der Waals surface area (Å²) in [4.78, 5) is 24.6. The van der Waals surface area contributed by atoms with Gasteiger partial charge in [0.25, 0.3) is 0 Å². The summed E-state index contributed by atoms with van der Waals surface area (Å²) in [7, 11) is 0. The average molecular weight is 283 g/mol. The van der Waals surface area contributed by atoms with Crippen molar-refractivity contribution >= 4 is 11.8 Å². The van der Waals surface area contributed by atoms with E-state index >= 15 is 0 Å². The molecular formula is C14H15F2NO3. The fourth-order valence-electron chi connectivity index (χ4n) is 2.25. The lowest BCUT2D eigenvalue weighted by atomic mass is 10.00. The topological polar surface area (TPSA) is 57.6 Å². The quantitative estimate of drug-likeness (QED) is 0.858. The highest BCUT2D eigenvalue weighted by molar-refractivity contribution is 6.04. The van der Waals surface area contributed by atoms with Crippen molar-refractivity contribution in [2.45, 2.75) is 20.0 Å². The fraction of sp³-hybridized carbons (Fsp3) is 0.429. The molecule has 1 aromatic carbocycles. The Kier molecular flexibility index (Phi) is 3.85. The van der Waals surface area contributed by atoms with Gasteiger partial charge in [0, 0.05) is 17.4 Å². The van der Waals surface area contributed by atoms with Gasteiger partial charge in [-0.3, -0.25) is 14.5 Å². The molecule has 3 unspecified atom stereocenters. The van der Waals surface area contributed by atoms with Crippen LogP contribution in [-0.2, 0) is 9.59 Å². The van der Waals surface area contributed by atoms with E-state index in [0.29, 0.717) is 0 Å². The Labute approximate surface area is 115 Å². The molecule has 0 bridgehead atoms. The molecule has 1 N–H and O–H groups in total. The minimum Gasteiger partial charge on any atom is -0.386 e. The Balaban J connectivity index is 2.20. The summed E-state index contributed by atoms with van der Waals surface area (Å²) in [6.45, 7) is 2.88. The van der Waals surface area contributed by atoms with E-state index in [0.717, 1.165) is 23.1 Å². The lowest BCUT2D eigenvalue weighted by Gasteiger charge is -2.19. The van der Waals surface area contributed by atoms with Crippen LogP contribution in [0.1, 0.15) is 25.5 Å². The van der Waals surface area contributed by atoms with E-state index < -0.39 is 41.4 Å². The Morgan fingerprint density at radius 2 is 1.75 bits per heavy atom. The Morgan fingerprint density at radius 1 is 1.20 bits per heavy atom. The van der Waals surface area contributed by atoms with Crippen LogP contribution in [0.3, 0.4) is 0 Å². The number of halogens is 2. The standard InChI is InChI=1S/C14H15F2NO3/c1-7-8(2)14(20)17(13(7)19)6-12(18)10-5-9(15)3-4-11(10)16/h3-5,7-8,12,18H,6H2,1-2H3. The number of likely N-dealkylation sites (tertiary alicyclic amines) is 1. The first-order valence-electron chi connectivity index (χ1n) is 6.31. The summed E-state index contributed by atoms with van der Waals surface area (Å²) in [6.07, 6.45) is -1.45. The molecule has 1 saturated heterocycles. The van der Waals surface area contributed by atoms with Gasteiger partial charge in [-0.25, -0.2) is 8.78 Å². The third kappa shape index (κ3) is 2.43. The van der Waals surface area contributed by atoms with Gasteiger partial charge in [-0.15, -0.1) is 0 Å². The molecule has 0 saturated carbocycles. The Hall–Kier alpha value is -1.82. The molecule has 1 heterocycles. The second kappa shape index (κ2) is 5.28. The van der Waals surface area contributed by atoms with Crippen LogP contribution in [0.15, 0.2) is 18.2 Å². The summed E-state index contributed by atoms with van der Waals surface area (Å²) in [5, 5.41) is 9.94. The second-order valence-corrected chi connectivity index (χ2v) is 5.05. The molecule has 1 aliphatic rings. The molecule has 4 nitrogen and oxygen atoms in total. The van der Waals surface area contributed by atoms with Crippen molar-refractivity contribution in [2.24, 2.45) is 11.8 Å². The number of benzene rings is 1. The monoisotopic (exact) mass is 283 g/mol. The smallest absolute Gasteiger partial charge is 0.232 e. The summed E-state index contributed by atoms with van der Waals surface area (Å²) >= 11 is 0. The summed E-state index contributed by atoms with van der Waals surface area (Å²) in [5.41, 5.74) is -0.266. The molecule has 0 spiro atoms. The van der Waals surface area contributed by atoms with E-state index in [1.807, 2.05) is 0 Å². The van der Waals surface area contributed by atoms with Crippen LogP contribution in [0.5, 0.6) is 0 Å². The van der Waals surface area contributed by atoms with Gasteiger partial charge in [0.2, 0.25) is 11.8 Å². The maximum absolute atomic E-state index is 13.5. The normalized spacial score (nSPS) is 24.4. The number of carbonyl (C=O) groups excluding carboxylic acids is 2. The van der Waals surface area contributed by atoms with Crippen molar-refractivity contribution in [1.82, 2.24) is 4.90 Å². The molecule has 0 aliphatic carbocycles. The molecule has 1 aromatic rings. The molecular weight excluding hydrogens is 268 g/mol. The molecule has 0 aromatic heterocycles. The molecule has 108 valence electrons. The summed E-state index contributed by atoms with van der Waals surface area (Å²) in [6, 6.07) is 2.69. The largest absolute Gasteiger partial charge is 0.386 e. The predicted octanol–water partition coefficient (Wildman–Crippen LogP) is 1.64. The van der Waals surface area contributed by atoms with Gasteiger partial charge in [0.1, 0.15) is 11.6 Å². The lowest BCUT2D eigenvalue weighted by molar-refractivity contribution is -0.141. The number of hydrogen-bond acceptors (Lipinski definition) is 3. The van der Waals surface area contributed by atoms with Crippen molar-refractivity contribution < 1.29 is 23.5 Å². The summed E-state index contributed by atoms with van der Waals surface area (Å²) < 4.78 is 26.6. The van der Waals surface area contributed by atoms with Gasteiger partial charge in [-0.2, -0.15) is 0 Å². The number of β-amino-alcohol motifs (C(OH)–C–C–N with tert-alkyl or cyclic N) is 1. The minimum atomic E-state index is -1.45. The zero-order chi connectivity index (χ0) is 15.0. The third-order valence-corrected chi connectivity index (χ3v) is 3.73. The number of carbonyl (C=O) groups is 2. The lowest BCUT2D eigenvalue weighted by Crippen LogP contribution is -2.35. The molecule has 20 heavy (non-hydrogen) atoms. The van der Waals surface area contributed by atoms with Crippen molar-refractivity contribution in [3.8, 4) is 0 Å². The maximum atomic E-state index is 13.5. The van der Waals surface area contributed by atoms with Gasteiger partial charge in [0.05, 0.1) is 12.6 Å². The highest BCUT2D eigenvalue weighted by Crippen LogP contribution is 2.28. The van der Waals surface area contributed by atoms with Crippen molar-refractivity contribution in [2.75, 3.05) is 6.54 Å². The Morgan fingerprint density at radius 3 is 2.30 bits per heavy atom. The van der Waals surface area contributed by atoms with E-state index in [-0.39, 0.29) is 12.1 Å². The number of rotatable bonds is 3. The summed E-state index contributed by atoms with van der Waals surface area (Å²) in [5.74, 6) is -3.21. The zero-order valence-corrected chi connectivity index (χ0v) is 11.1. The van der Waals surface area contributed by atoms with Crippen LogP contribution < -0.4 is 0 Å².